The second-order valence-corrected chi connectivity index (χ2v) is 3.81. The molecule has 0 amide bonds. The molecule has 0 spiro atoms. The second kappa shape index (κ2) is 5.00. The summed E-state index contributed by atoms with van der Waals surface area (Å²) in [6.07, 6.45) is 9.95. The van der Waals surface area contributed by atoms with Gasteiger partial charge in [-0.3, -0.25) is 4.79 Å². The molecule has 1 nitrogen and oxygen atoms in total. The molecule has 1 rings (SSSR count). The number of hydrogen-bond acceptors (Lipinski definition) is 1. The molecule has 0 aliphatic heterocycles. The van der Waals surface area contributed by atoms with Crippen molar-refractivity contribution in [1.82, 2.24) is 0 Å². The van der Waals surface area contributed by atoms with Crippen LogP contribution in [0.4, 0.5) is 0 Å². The molecule has 0 heterocycles. The summed E-state index contributed by atoms with van der Waals surface area (Å²) in [5.74, 6) is 0.143. The minimum atomic E-state index is 0.143. The Hall–Kier alpha value is -0.850. The van der Waals surface area contributed by atoms with E-state index in [0.717, 1.165) is 6.42 Å². The molecule has 0 N–H and O–H groups in total. The number of carbonyl (C=O) groups excluding carboxylic acids is 1. The third-order valence-electron chi connectivity index (χ3n) is 2.57. The highest BCUT2D eigenvalue weighted by molar-refractivity contribution is 5.87. The molecule has 1 heteroatoms. The molecule has 13 heavy (non-hydrogen) atoms. The van der Waals surface area contributed by atoms with Crippen molar-refractivity contribution in [3.8, 4) is 0 Å². The van der Waals surface area contributed by atoms with Gasteiger partial charge in [-0.15, -0.1) is 0 Å². The van der Waals surface area contributed by atoms with Crippen molar-refractivity contribution >= 4 is 5.78 Å². The molecule has 0 aromatic rings. The number of hydrogen-bond donors (Lipinski definition) is 0. The Morgan fingerprint density at radius 1 is 1.23 bits per heavy atom. The summed E-state index contributed by atoms with van der Waals surface area (Å²) in [6.45, 7) is 3.79. The first-order valence-electron chi connectivity index (χ1n) is 5.07. The Labute approximate surface area is 80.5 Å². The number of rotatable bonds is 2. The van der Waals surface area contributed by atoms with Crippen LogP contribution < -0.4 is 0 Å². The topological polar surface area (TPSA) is 17.1 Å². The maximum absolute atomic E-state index is 10.8. The van der Waals surface area contributed by atoms with Gasteiger partial charge < -0.3 is 0 Å². The molecule has 0 fully saturated rings. The summed E-state index contributed by atoms with van der Waals surface area (Å²) in [7, 11) is 0. The van der Waals surface area contributed by atoms with Crippen molar-refractivity contribution < 1.29 is 4.79 Å². The van der Waals surface area contributed by atoms with Crippen molar-refractivity contribution in [1.29, 1.82) is 0 Å². The van der Waals surface area contributed by atoms with E-state index < -0.39 is 0 Å². The quantitative estimate of drug-likeness (QED) is 0.592. The summed E-state index contributed by atoms with van der Waals surface area (Å²) in [5.41, 5.74) is 2.85. The van der Waals surface area contributed by atoms with E-state index in [1.165, 1.54) is 36.8 Å². The second-order valence-electron chi connectivity index (χ2n) is 3.81. The van der Waals surface area contributed by atoms with Gasteiger partial charge in [-0.2, -0.15) is 0 Å². The monoisotopic (exact) mass is 178 g/mol. The summed E-state index contributed by atoms with van der Waals surface area (Å²) < 4.78 is 0. The zero-order valence-electron chi connectivity index (χ0n) is 8.60. The Balaban J connectivity index is 2.68. The van der Waals surface area contributed by atoms with E-state index >= 15 is 0 Å². The highest BCUT2D eigenvalue weighted by Gasteiger charge is 2.04. The fraction of sp³-hybridized carbons (Fsp3) is 0.583. The normalized spacial score (nSPS) is 19.2. The van der Waals surface area contributed by atoms with E-state index in [-0.39, 0.29) is 5.78 Å². The van der Waals surface area contributed by atoms with E-state index in [9.17, 15) is 4.79 Å². The average molecular weight is 178 g/mol. The molecule has 0 aromatic heterocycles. The van der Waals surface area contributed by atoms with Crippen molar-refractivity contribution in [2.45, 2.75) is 46.0 Å². The van der Waals surface area contributed by atoms with Crippen LogP contribution in [0.15, 0.2) is 23.3 Å². The summed E-state index contributed by atoms with van der Waals surface area (Å²) in [6, 6.07) is 0. The Morgan fingerprint density at radius 2 is 1.92 bits per heavy atom. The maximum Gasteiger partial charge on any atom is 0.152 e. The highest BCUT2D eigenvalue weighted by atomic mass is 16.1. The lowest BCUT2D eigenvalue weighted by Gasteiger charge is -2.02. The lowest BCUT2D eigenvalue weighted by Crippen LogP contribution is -1.86. The van der Waals surface area contributed by atoms with Gasteiger partial charge in [0.25, 0.3) is 0 Å². The molecule has 0 bridgehead atoms. The maximum atomic E-state index is 10.8. The van der Waals surface area contributed by atoms with Gasteiger partial charge in [-0.25, -0.2) is 0 Å². The first-order chi connectivity index (χ1) is 6.20. The number of ketones is 1. The number of allylic oxidation sites excluding steroid dienone is 4. The Bertz CT molecular complexity index is 246. The van der Waals surface area contributed by atoms with Crippen LogP contribution >= 0.6 is 0 Å². The van der Waals surface area contributed by atoms with Crippen LogP contribution in [0.2, 0.25) is 0 Å². The van der Waals surface area contributed by atoms with Crippen LogP contribution in [0.25, 0.3) is 0 Å². The lowest BCUT2D eigenvalue weighted by atomic mass is 10.0. The molecule has 0 saturated heterocycles. The predicted octanol–water partition coefficient (Wildman–Crippen LogP) is 3.41. The minimum Gasteiger partial charge on any atom is -0.295 e. The first kappa shape index (κ1) is 10.2. The van der Waals surface area contributed by atoms with Gasteiger partial charge >= 0.3 is 0 Å². The first-order valence-corrected chi connectivity index (χ1v) is 5.07. The Morgan fingerprint density at radius 3 is 2.62 bits per heavy atom. The van der Waals surface area contributed by atoms with Crippen LogP contribution in [0.3, 0.4) is 0 Å². The molecular weight excluding hydrogens is 160 g/mol. The van der Waals surface area contributed by atoms with Crippen molar-refractivity contribution in [2.75, 3.05) is 0 Å². The molecule has 72 valence electrons. The molecule has 0 saturated carbocycles. The Kier molecular flexibility index (Phi) is 3.94. The van der Waals surface area contributed by atoms with Gasteiger partial charge in [0, 0.05) is 0 Å². The van der Waals surface area contributed by atoms with Crippen molar-refractivity contribution in [2.24, 2.45) is 0 Å². The SMILES string of the molecule is CC(=O)/C=C/C1=C(C)CCCCC1. The zero-order chi connectivity index (χ0) is 9.68. The lowest BCUT2D eigenvalue weighted by molar-refractivity contribution is -0.112. The highest BCUT2D eigenvalue weighted by Crippen LogP contribution is 2.23. The molecule has 0 radical (unpaired) electrons. The fourth-order valence-electron chi connectivity index (χ4n) is 1.70. The average Bonchev–Trinajstić information content (AvgIpc) is 2.27. The van der Waals surface area contributed by atoms with E-state index in [1.54, 1.807) is 13.0 Å². The van der Waals surface area contributed by atoms with Crippen LogP contribution in [-0.2, 0) is 4.79 Å². The van der Waals surface area contributed by atoms with Gasteiger partial charge in [0.2, 0.25) is 0 Å². The molecule has 0 atom stereocenters. The van der Waals surface area contributed by atoms with Gasteiger partial charge in [0.1, 0.15) is 0 Å². The molecule has 1 aliphatic rings. The van der Waals surface area contributed by atoms with Crippen LogP contribution in [0.1, 0.15) is 46.0 Å². The van der Waals surface area contributed by atoms with E-state index in [0.29, 0.717) is 0 Å². The van der Waals surface area contributed by atoms with Gasteiger partial charge in [-0.05, 0) is 51.2 Å². The standard InChI is InChI=1S/C12H18O/c1-10-6-4-3-5-7-12(10)9-8-11(2)13/h8-9H,3-7H2,1-2H3/b9-8+. The van der Waals surface area contributed by atoms with Gasteiger partial charge in [-0.1, -0.05) is 18.1 Å². The van der Waals surface area contributed by atoms with Crippen LogP contribution in [0.5, 0.6) is 0 Å². The van der Waals surface area contributed by atoms with Crippen LogP contribution in [-0.4, -0.2) is 5.78 Å². The molecular formula is C12H18O. The zero-order valence-corrected chi connectivity index (χ0v) is 8.60. The van der Waals surface area contributed by atoms with Gasteiger partial charge in [0.05, 0.1) is 0 Å². The predicted molar refractivity (Wildman–Crippen MR) is 55.6 cm³/mol. The van der Waals surface area contributed by atoms with Crippen molar-refractivity contribution in [3.05, 3.63) is 23.3 Å². The van der Waals surface area contributed by atoms with E-state index in [1.807, 2.05) is 6.08 Å². The number of carbonyl (C=O) groups is 1. The van der Waals surface area contributed by atoms with E-state index in [2.05, 4.69) is 6.92 Å². The molecule has 0 unspecified atom stereocenters. The van der Waals surface area contributed by atoms with Crippen molar-refractivity contribution in [3.63, 3.8) is 0 Å². The third-order valence-corrected chi connectivity index (χ3v) is 2.57. The largest absolute Gasteiger partial charge is 0.295 e. The summed E-state index contributed by atoms with van der Waals surface area (Å²) >= 11 is 0. The smallest absolute Gasteiger partial charge is 0.152 e. The molecule has 0 aromatic carbocycles. The molecule has 1 aliphatic carbocycles. The summed E-state index contributed by atoms with van der Waals surface area (Å²) in [5, 5.41) is 0. The van der Waals surface area contributed by atoms with E-state index in [4.69, 9.17) is 0 Å². The minimum absolute atomic E-state index is 0.143. The fourth-order valence-corrected chi connectivity index (χ4v) is 1.70. The third kappa shape index (κ3) is 3.58. The van der Waals surface area contributed by atoms with Gasteiger partial charge in [0.15, 0.2) is 5.78 Å². The summed E-state index contributed by atoms with van der Waals surface area (Å²) in [4.78, 5) is 10.8. The van der Waals surface area contributed by atoms with Crippen LogP contribution in [0, 0.1) is 0 Å².